The lowest BCUT2D eigenvalue weighted by Gasteiger charge is -2.12. The number of aromatic nitrogens is 3. The summed E-state index contributed by atoms with van der Waals surface area (Å²) in [4.78, 5) is 8.87. The average molecular weight is 505 g/mol. The summed E-state index contributed by atoms with van der Waals surface area (Å²) in [6.45, 7) is 0.224. The first-order valence-electron chi connectivity index (χ1n) is 11.0. The molecule has 0 aliphatic heterocycles. The Hall–Kier alpha value is -3.55. The van der Waals surface area contributed by atoms with Gasteiger partial charge in [0.05, 0.1) is 10.5 Å². The molecule has 176 valence electrons. The molecule has 4 aromatic rings. The normalized spacial score (nSPS) is 13.3. The minimum Gasteiger partial charge on any atom is -0.487 e. The van der Waals surface area contributed by atoms with Gasteiger partial charge < -0.3 is 10.1 Å². The van der Waals surface area contributed by atoms with Gasteiger partial charge in [-0.15, -0.1) is 0 Å². The van der Waals surface area contributed by atoms with E-state index in [0.29, 0.717) is 23.0 Å². The highest BCUT2D eigenvalue weighted by atomic mass is 35.5. The lowest BCUT2D eigenvalue weighted by atomic mass is 10.1. The lowest BCUT2D eigenvalue weighted by Crippen LogP contribution is -2.01. The Bertz CT molecular complexity index is 1480. The molecule has 0 fully saturated rings. The van der Waals surface area contributed by atoms with E-state index < -0.39 is 0 Å². The van der Waals surface area contributed by atoms with E-state index in [4.69, 9.17) is 16.3 Å². The number of nitrogens with zero attached hydrogens (tertiary/aromatic N) is 3. The zero-order valence-electron chi connectivity index (χ0n) is 18.9. The summed E-state index contributed by atoms with van der Waals surface area (Å²) in [5, 5.41) is 4.70. The Morgan fingerprint density at radius 2 is 2.06 bits per heavy atom. The van der Waals surface area contributed by atoms with Crippen molar-refractivity contribution in [3.05, 3.63) is 102 Å². The number of fused-ring (bicyclic) bond motifs is 1. The molecule has 0 unspecified atom stereocenters. The fraction of sp³-hybridized carbons (Fsp3) is 0.111. The number of rotatable bonds is 7. The van der Waals surface area contributed by atoms with Gasteiger partial charge in [-0.2, -0.15) is 0 Å². The van der Waals surface area contributed by atoms with Gasteiger partial charge in [-0.3, -0.25) is 3.97 Å². The standard InChI is InChI=1S/C27H22ClFN4OS/c1-35-33-11-10-20(15-33)19-6-8-25-23(13-19)27(31-17-30-25)32-22-7-9-26(24(28)14-22)34-16-18-4-2-3-5-21(29)12-18/h2,4-15,17H,3,16H2,1H3,(H,30,31,32). The minimum atomic E-state index is -0.263. The highest BCUT2D eigenvalue weighted by Gasteiger charge is 2.10. The van der Waals surface area contributed by atoms with Crippen molar-refractivity contribution in [2.75, 3.05) is 18.2 Å². The van der Waals surface area contributed by atoms with Gasteiger partial charge in [-0.1, -0.05) is 29.8 Å². The van der Waals surface area contributed by atoms with Crippen LogP contribution in [0.1, 0.15) is 6.42 Å². The van der Waals surface area contributed by atoms with E-state index in [1.54, 1.807) is 24.1 Å². The molecule has 0 radical (unpaired) electrons. The summed E-state index contributed by atoms with van der Waals surface area (Å²) < 4.78 is 21.5. The Kier molecular flexibility index (Phi) is 6.88. The highest BCUT2D eigenvalue weighted by molar-refractivity contribution is 7.97. The molecule has 1 N–H and O–H groups in total. The van der Waals surface area contributed by atoms with Crippen LogP contribution in [0.4, 0.5) is 15.9 Å². The van der Waals surface area contributed by atoms with Crippen LogP contribution >= 0.6 is 23.5 Å². The third kappa shape index (κ3) is 5.42. The first kappa shape index (κ1) is 23.2. The predicted octanol–water partition coefficient (Wildman–Crippen LogP) is 7.74. The van der Waals surface area contributed by atoms with E-state index in [-0.39, 0.29) is 12.4 Å². The topological polar surface area (TPSA) is 52.0 Å². The number of benzene rings is 2. The van der Waals surface area contributed by atoms with Gasteiger partial charge in [-0.25, -0.2) is 14.4 Å². The van der Waals surface area contributed by atoms with Gasteiger partial charge in [0.2, 0.25) is 0 Å². The second-order valence-electron chi connectivity index (χ2n) is 7.90. The average Bonchev–Trinajstić information content (AvgIpc) is 3.25. The van der Waals surface area contributed by atoms with Crippen LogP contribution in [-0.4, -0.2) is 26.8 Å². The van der Waals surface area contributed by atoms with Crippen molar-refractivity contribution in [1.29, 1.82) is 0 Å². The molecule has 2 heterocycles. The van der Waals surface area contributed by atoms with Crippen LogP contribution in [-0.2, 0) is 0 Å². The van der Waals surface area contributed by atoms with Crippen molar-refractivity contribution in [1.82, 2.24) is 13.9 Å². The molecule has 1 aliphatic carbocycles. The van der Waals surface area contributed by atoms with Crippen molar-refractivity contribution >= 4 is 46.0 Å². The van der Waals surface area contributed by atoms with Gasteiger partial charge in [0.1, 0.15) is 30.3 Å². The van der Waals surface area contributed by atoms with Crippen LogP contribution < -0.4 is 10.1 Å². The SMILES string of the molecule is CSn1ccc(-c2ccc3ncnc(Nc4ccc(OCC5=CC(F)=CCC=C5)c(Cl)c4)c3c2)c1. The quantitative estimate of drug-likeness (QED) is 0.279. The summed E-state index contributed by atoms with van der Waals surface area (Å²) in [7, 11) is 0. The molecule has 1 aliphatic rings. The van der Waals surface area contributed by atoms with Crippen molar-refractivity contribution in [2.45, 2.75) is 6.42 Å². The van der Waals surface area contributed by atoms with Gasteiger partial charge in [0, 0.05) is 35.3 Å². The van der Waals surface area contributed by atoms with E-state index in [0.717, 1.165) is 33.3 Å². The molecule has 5 rings (SSSR count). The number of ether oxygens (including phenoxy) is 1. The van der Waals surface area contributed by atoms with Gasteiger partial charge >= 0.3 is 0 Å². The van der Waals surface area contributed by atoms with Gasteiger partial charge in [0.15, 0.2) is 0 Å². The molecule has 0 atom stereocenters. The summed E-state index contributed by atoms with van der Waals surface area (Å²) >= 11 is 8.13. The number of allylic oxidation sites excluding steroid dienone is 4. The molecule has 35 heavy (non-hydrogen) atoms. The fourth-order valence-corrected chi connectivity index (χ4v) is 4.40. The molecule has 5 nitrogen and oxygen atoms in total. The number of hydrogen-bond donors (Lipinski definition) is 1. The van der Waals surface area contributed by atoms with Crippen LogP contribution in [0, 0.1) is 0 Å². The zero-order valence-corrected chi connectivity index (χ0v) is 20.5. The maximum Gasteiger partial charge on any atom is 0.141 e. The zero-order chi connectivity index (χ0) is 24.2. The van der Waals surface area contributed by atoms with E-state index in [1.807, 2.05) is 36.7 Å². The molecular formula is C27H22ClFN4OS. The third-order valence-electron chi connectivity index (χ3n) is 5.54. The molecule has 0 saturated heterocycles. The Labute approximate surface area is 212 Å². The van der Waals surface area contributed by atoms with E-state index >= 15 is 0 Å². The van der Waals surface area contributed by atoms with Crippen molar-refractivity contribution in [3.8, 4) is 16.9 Å². The maximum absolute atomic E-state index is 13.7. The van der Waals surface area contributed by atoms with Crippen LogP contribution in [0.3, 0.4) is 0 Å². The monoisotopic (exact) mass is 504 g/mol. The summed E-state index contributed by atoms with van der Waals surface area (Å²) in [6, 6.07) is 13.7. The first-order valence-corrected chi connectivity index (χ1v) is 12.5. The third-order valence-corrected chi connectivity index (χ3v) is 6.48. The first-order chi connectivity index (χ1) is 17.1. The second kappa shape index (κ2) is 10.4. The lowest BCUT2D eigenvalue weighted by molar-refractivity contribution is 0.355. The van der Waals surface area contributed by atoms with Crippen LogP contribution in [0.15, 0.2) is 96.9 Å². The Balaban J connectivity index is 1.36. The largest absolute Gasteiger partial charge is 0.487 e. The van der Waals surface area contributed by atoms with Crippen LogP contribution in [0.2, 0.25) is 5.02 Å². The summed E-state index contributed by atoms with van der Waals surface area (Å²) in [6.07, 6.45) is 15.0. The highest BCUT2D eigenvalue weighted by Crippen LogP contribution is 2.32. The number of halogens is 2. The maximum atomic E-state index is 13.7. The molecule has 0 spiro atoms. The molecule has 2 aromatic heterocycles. The summed E-state index contributed by atoms with van der Waals surface area (Å²) in [5.74, 6) is 0.941. The van der Waals surface area contributed by atoms with Crippen molar-refractivity contribution in [3.63, 3.8) is 0 Å². The molecule has 0 bridgehead atoms. The smallest absolute Gasteiger partial charge is 0.141 e. The fourth-order valence-electron chi connectivity index (χ4n) is 3.76. The molecular weight excluding hydrogens is 483 g/mol. The van der Waals surface area contributed by atoms with Crippen LogP contribution in [0.5, 0.6) is 5.75 Å². The van der Waals surface area contributed by atoms with Gasteiger partial charge in [-0.05, 0) is 78.1 Å². The van der Waals surface area contributed by atoms with Crippen molar-refractivity contribution < 1.29 is 9.13 Å². The second-order valence-corrected chi connectivity index (χ2v) is 9.10. The van der Waals surface area contributed by atoms with E-state index in [9.17, 15) is 4.39 Å². The van der Waals surface area contributed by atoms with Crippen molar-refractivity contribution in [2.24, 2.45) is 0 Å². The molecule has 0 saturated carbocycles. The number of hydrogen-bond acceptors (Lipinski definition) is 5. The minimum absolute atomic E-state index is 0.224. The Morgan fingerprint density at radius 3 is 2.89 bits per heavy atom. The van der Waals surface area contributed by atoms with E-state index in [1.165, 1.54) is 18.5 Å². The Morgan fingerprint density at radius 1 is 1.14 bits per heavy atom. The predicted molar refractivity (Wildman–Crippen MR) is 143 cm³/mol. The van der Waals surface area contributed by atoms with Crippen LogP contribution in [0.25, 0.3) is 22.0 Å². The van der Waals surface area contributed by atoms with E-state index in [2.05, 4.69) is 43.7 Å². The number of nitrogens with one attached hydrogen (secondary N) is 1. The molecule has 0 amide bonds. The van der Waals surface area contributed by atoms with Gasteiger partial charge in [0.25, 0.3) is 0 Å². The number of anilines is 2. The molecule has 2 aromatic carbocycles. The molecule has 8 heteroatoms. The summed E-state index contributed by atoms with van der Waals surface area (Å²) in [5.41, 5.74) is 4.55.